The van der Waals surface area contributed by atoms with Crippen molar-refractivity contribution in [3.05, 3.63) is 65.9 Å². The van der Waals surface area contributed by atoms with Crippen LogP contribution in [0.4, 0.5) is 5.69 Å². The summed E-state index contributed by atoms with van der Waals surface area (Å²) < 4.78 is 1.88. The molecule has 1 saturated heterocycles. The zero-order valence-corrected chi connectivity index (χ0v) is 14.8. The highest BCUT2D eigenvalue weighted by molar-refractivity contribution is 7.99. The molecule has 0 N–H and O–H groups in total. The van der Waals surface area contributed by atoms with Gasteiger partial charge >= 0.3 is 0 Å². The zero-order chi connectivity index (χ0) is 16.4. The summed E-state index contributed by atoms with van der Waals surface area (Å²) in [6.45, 7) is 2.27. The number of rotatable bonds is 3. The molecule has 0 radical (unpaired) electrons. The Morgan fingerprint density at radius 1 is 0.833 bits per heavy atom. The Morgan fingerprint density at radius 3 is 2.21 bits per heavy atom. The van der Waals surface area contributed by atoms with Crippen molar-refractivity contribution >= 4 is 29.1 Å². The minimum absolute atomic E-state index is 0.734. The molecular formula is C19H18ClN3S. The normalized spacial score (nSPS) is 14.8. The number of nitrogens with zero attached hydrogens (tertiary/aromatic N) is 3. The number of benzene rings is 2. The van der Waals surface area contributed by atoms with Gasteiger partial charge < -0.3 is 4.90 Å². The van der Waals surface area contributed by atoms with Crippen molar-refractivity contribution in [1.29, 1.82) is 0 Å². The summed E-state index contributed by atoms with van der Waals surface area (Å²) in [7, 11) is 0. The predicted octanol–water partition coefficient (Wildman–Crippen LogP) is 4.75. The van der Waals surface area contributed by atoms with Gasteiger partial charge in [0.1, 0.15) is 0 Å². The molecule has 2 heterocycles. The van der Waals surface area contributed by atoms with Crippen molar-refractivity contribution in [2.75, 3.05) is 29.5 Å². The molecule has 3 aromatic rings. The quantitative estimate of drug-likeness (QED) is 0.676. The zero-order valence-electron chi connectivity index (χ0n) is 13.2. The number of anilines is 1. The number of halogens is 1. The largest absolute Gasteiger partial charge is 0.370 e. The molecule has 0 amide bonds. The first-order valence-corrected chi connectivity index (χ1v) is 9.57. The van der Waals surface area contributed by atoms with Crippen LogP contribution < -0.4 is 4.90 Å². The summed E-state index contributed by atoms with van der Waals surface area (Å²) in [5.41, 5.74) is 4.62. The van der Waals surface area contributed by atoms with Gasteiger partial charge in [-0.25, -0.2) is 4.68 Å². The van der Waals surface area contributed by atoms with E-state index in [2.05, 4.69) is 40.5 Å². The molecule has 1 fully saturated rings. The van der Waals surface area contributed by atoms with Crippen LogP contribution in [0.5, 0.6) is 0 Å². The van der Waals surface area contributed by atoms with E-state index in [4.69, 9.17) is 11.6 Å². The standard InChI is InChI=1S/C19H18ClN3S/c20-17-3-7-19(8-4-17)23-14-16(13-21-23)15-1-5-18(6-2-15)22-9-11-24-12-10-22/h1-8,13-14H,9-12H2. The molecule has 1 aromatic heterocycles. The second-order valence-corrected chi connectivity index (χ2v) is 7.46. The van der Waals surface area contributed by atoms with Gasteiger partial charge in [-0.2, -0.15) is 16.9 Å². The Bertz CT molecular complexity index is 805. The van der Waals surface area contributed by atoms with Crippen molar-refractivity contribution < 1.29 is 0 Å². The smallest absolute Gasteiger partial charge is 0.0646 e. The number of hydrogen-bond donors (Lipinski definition) is 0. The Labute approximate surface area is 151 Å². The van der Waals surface area contributed by atoms with Gasteiger partial charge in [-0.15, -0.1) is 0 Å². The Balaban J connectivity index is 1.54. The topological polar surface area (TPSA) is 21.1 Å². The molecule has 3 nitrogen and oxygen atoms in total. The lowest BCUT2D eigenvalue weighted by Gasteiger charge is -2.28. The number of aromatic nitrogens is 2. The monoisotopic (exact) mass is 355 g/mol. The number of hydrogen-bond acceptors (Lipinski definition) is 3. The van der Waals surface area contributed by atoms with Crippen LogP contribution in [0.1, 0.15) is 0 Å². The van der Waals surface area contributed by atoms with Crippen LogP contribution in [0.3, 0.4) is 0 Å². The first-order valence-electron chi connectivity index (χ1n) is 8.03. The van der Waals surface area contributed by atoms with Crippen LogP contribution in [0.2, 0.25) is 5.02 Å². The van der Waals surface area contributed by atoms with Gasteiger partial charge in [0.25, 0.3) is 0 Å². The molecule has 0 bridgehead atoms. The lowest BCUT2D eigenvalue weighted by Crippen LogP contribution is -2.32. The number of thioether (sulfide) groups is 1. The van der Waals surface area contributed by atoms with Gasteiger partial charge in [-0.3, -0.25) is 0 Å². The molecule has 0 unspecified atom stereocenters. The molecule has 24 heavy (non-hydrogen) atoms. The van der Waals surface area contributed by atoms with E-state index in [1.165, 1.54) is 22.8 Å². The highest BCUT2D eigenvalue weighted by Gasteiger charge is 2.11. The minimum Gasteiger partial charge on any atom is -0.370 e. The van der Waals surface area contributed by atoms with Crippen LogP contribution in [0.15, 0.2) is 60.9 Å². The molecule has 1 aliphatic heterocycles. The van der Waals surface area contributed by atoms with E-state index in [1.54, 1.807) is 0 Å². The first kappa shape index (κ1) is 15.6. The van der Waals surface area contributed by atoms with E-state index >= 15 is 0 Å². The van der Waals surface area contributed by atoms with E-state index in [1.807, 2.05) is 46.9 Å². The van der Waals surface area contributed by atoms with Crippen LogP contribution >= 0.6 is 23.4 Å². The van der Waals surface area contributed by atoms with Gasteiger partial charge in [0, 0.05) is 47.1 Å². The molecule has 5 heteroatoms. The van der Waals surface area contributed by atoms with Crippen molar-refractivity contribution in [3.8, 4) is 16.8 Å². The molecule has 2 aromatic carbocycles. The van der Waals surface area contributed by atoms with E-state index in [9.17, 15) is 0 Å². The van der Waals surface area contributed by atoms with Gasteiger partial charge in [0.05, 0.1) is 11.9 Å². The van der Waals surface area contributed by atoms with Gasteiger partial charge in [0.2, 0.25) is 0 Å². The van der Waals surface area contributed by atoms with Crippen LogP contribution in [-0.2, 0) is 0 Å². The highest BCUT2D eigenvalue weighted by atomic mass is 35.5. The van der Waals surface area contributed by atoms with E-state index in [-0.39, 0.29) is 0 Å². The van der Waals surface area contributed by atoms with E-state index in [0.29, 0.717) is 0 Å². The summed E-state index contributed by atoms with van der Waals surface area (Å²) >= 11 is 7.98. The fourth-order valence-corrected chi connectivity index (χ4v) is 3.92. The fourth-order valence-electron chi connectivity index (χ4n) is 2.89. The molecule has 4 rings (SSSR count). The predicted molar refractivity (Wildman–Crippen MR) is 104 cm³/mol. The summed E-state index contributed by atoms with van der Waals surface area (Å²) in [5, 5.41) is 5.20. The molecule has 122 valence electrons. The van der Waals surface area contributed by atoms with Gasteiger partial charge in [-0.05, 0) is 42.0 Å². The Kier molecular flexibility index (Phi) is 4.50. The minimum atomic E-state index is 0.734. The van der Waals surface area contributed by atoms with Crippen molar-refractivity contribution in [1.82, 2.24) is 9.78 Å². The Hall–Kier alpha value is -1.91. The second kappa shape index (κ2) is 6.91. The molecule has 0 aliphatic carbocycles. The molecular weight excluding hydrogens is 338 g/mol. The van der Waals surface area contributed by atoms with Crippen molar-refractivity contribution in [3.63, 3.8) is 0 Å². The molecule has 1 aliphatic rings. The lowest BCUT2D eigenvalue weighted by molar-refractivity contribution is 0.859. The maximum atomic E-state index is 5.94. The van der Waals surface area contributed by atoms with Crippen LogP contribution in [0.25, 0.3) is 16.8 Å². The molecule has 0 spiro atoms. The SMILES string of the molecule is Clc1ccc(-n2cc(-c3ccc(N4CCSCC4)cc3)cn2)cc1. The summed E-state index contributed by atoms with van der Waals surface area (Å²) in [6.07, 6.45) is 3.96. The highest BCUT2D eigenvalue weighted by Crippen LogP contribution is 2.25. The average molecular weight is 356 g/mol. The van der Waals surface area contributed by atoms with Crippen LogP contribution in [0, 0.1) is 0 Å². The first-order chi connectivity index (χ1) is 11.8. The van der Waals surface area contributed by atoms with Crippen LogP contribution in [-0.4, -0.2) is 34.4 Å². The van der Waals surface area contributed by atoms with Gasteiger partial charge in [-0.1, -0.05) is 23.7 Å². The fraction of sp³-hybridized carbons (Fsp3) is 0.211. The van der Waals surface area contributed by atoms with Crippen molar-refractivity contribution in [2.45, 2.75) is 0 Å². The summed E-state index contributed by atoms with van der Waals surface area (Å²) in [5.74, 6) is 2.44. The maximum Gasteiger partial charge on any atom is 0.0646 e. The summed E-state index contributed by atoms with van der Waals surface area (Å²) in [4.78, 5) is 2.46. The van der Waals surface area contributed by atoms with E-state index in [0.717, 1.165) is 29.4 Å². The van der Waals surface area contributed by atoms with Gasteiger partial charge in [0.15, 0.2) is 0 Å². The third kappa shape index (κ3) is 3.30. The maximum absolute atomic E-state index is 5.94. The van der Waals surface area contributed by atoms with E-state index < -0.39 is 0 Å². The lowest BCUT2D eigenvalue weighted by atomic mass is 10.1. The summed E-state index contributed by atoms with van der Waals surface area (Å²) in [6, 6.07) is 16.5. The average Bonchev–Trinajstić information content (AvgIpc) is 3.13. The Morgan fingerprint density at radius 2 is 1.50 bits per heavy atom. The molecule has 0 saturated carbocycles. The third-order valence-corrected chi connectivity index (χ3v) is 5.45. The third-order valence-electron chi connectivity index (χ3n) is 4.25. The van der Waals surface area contributed by atoms with Crippen molar-refractivity contribution in [2.24, 2.45) is 0 Å². The second-order valence-electron chi connectivity index (χ2n) is 5.80. The molecule has 0 atom stereocenters.